The van der Waals surface area contributed by atoms with E-state index in [1.807, 2.05) is 6.07 Å². The Morgan fingerprint density at radius 3 is 2.83 bits per heavy atom. The van der Waals surface area contributed by atoms with Crippen molar-refractivity contribution in [2.45, 2.75) is 26.2 Å². The van der Waals surface area contributed by atoms with E-state index >= 15 is 0 Å². The largest absolute Gasteiger partial charge is 0.361 e. The van der Waals surface area contributed by atoms with Crippen molar-refractivity contribution in [2.24, 2.45) is 0 Å². The standard InChI is InChI=1S/C16H19N3O4S/c1-11-8-14(18-23-11)10-16(20)17-13-5-6-15-12(9-13)4-3-7-19(15)24(2,21)22/h5-6,8-9H,3-4,7,10H2,1-2H3,(H,17,20). The van der Waals surface area contributed by atoms with Gasteiger partial charge < -0.3 is 9.84 Å². The molecular weight excluding hydrogens is 330 g/mol. The molecule has 128 valence electrons. The first kappa shape index (κ1) is 16.5. The predicted octanol–water partition coefficient (Wildman–Crippen LogP) is 1.88. The maximum Gasteiger partial charge on any atom is 0.232 e. The summed E-state index contributed by atoms with van der Waals surface area (Å²) in [5, 5.41) is 6.61. The van der Waals surface area contributed by atoms with Crippen molar-refractivity contribution in [2.75, 3.05) is 22.4 Å². The number of fused-ring (bicyclic) bond motifs is 1. The van der Waals surface area contributed by atoms with E-state index in [-0.39, 0.29) is 12.3 Å². The van der Waals surface area contributed by atoms with E-state index in [0.717, 1.165) is 18.4 Å². The molecule has 0 fully saturated rings. The van der Waals surface area contributed by atoms with Gasteiger partial charge in [0, 0.05) is 18.3 Å². The molecule has 1 amide bonds. The Morgan fingerprint density at radius 2 is 2.17 bits per heavy atom. The van der Waals surface area contributed by atoms with Gasteiger partial charge in [-0.15, -0.1) is 0 Å². The fourth-order valence-corrected chi connectivity index (χ4v) is 3.85. The summed E-state index contributed by atoms with van der Waals surface area (Å²) in [7, 11) is -3.29. The normalized spacial score (nSPS) is 14.3. The molecule has 2 heterocycles. The smallest absolute Gasteiger partial charge is 0.232 e. The van der Waals surface area contributed by atoms with Gasteiger partial charge in [0.05, 0.1) is 24.1 Å². The van der Waals surface area contributed by atoms with Crippen molar-refractivity contribution in [3.63, 3.8) is 0 Å². The lowest BCUT2D eigenvalue weighted by Crippen LogP contribution is -2.34. The molecule has 0 unspecified atom stereocenters. The zero-order valence-corrected chi connectivity index (χ0v) is 14.4. The number of anilines is 2. The Labute approximate surface area is 140 Å². The van der Waals surface area contributed by atoms with E-state index in [0.29, 0.717) is 29.4 Å². The minimum absolute atomic E-state index is 0.129. The van der Waals surface area contributed by atoms with E-state index in [2.05, 4.69) is 10.5 Å². The summed E-state index contributed by atoms with van der Waals surface area (Å²) in [6.45, 7) is 2.26. The fourth-order valence-electron chi connectivity index (χ4n) is 2.86. The summed E-state index contributed by atoms with van der Waals surface area (Å²) < 4.78 is 30.1. The second-order valence-electron chi connectivity index (χ2n) is 5.94. The van der Waals surface area contributed by atoms with Gasteiger partial charge in [0.1, 0.15) is 5.76 Å². The average Bonchev–Trinajstić information content (AvgIpc) is 2.90. The van der Waals surface area contributed by atoms with E-state index in [4.69, 9.17) is 4.52 Å². The number of carbonyl (C=O) groups excluding carboxylic acids is 1. The van der Waals surface area contributed by atoms with Crippen molar-refractivity contribution >= 4 is 27.3 Å². The van der Waals surface area contributed by atoms with Gasteiger partial charge in [0.2, 0.25) is 15.9 Å². The van der Waals surface area contributed by atoms with Gasteiger partial charge in [-0.25, -0.2) is 8.42 Å². The zero-order valence-electron chi connectivity index (χ0n) is 13.6. The molecule has 1 aromatic heterocycles. The molecule has 0 saturated carbocycles. The molecule has 3 rings (SSSR count). The lowest BCUT2D eigenvalue weighted by atomic mass is 10.0. The van der Waals surface area contributed by atoms with Crippen LogP contribution in [0.5, 0.6) is 0 Å². The molecule has 2 aromatic rings. The summed E-state index contributed by atoms with van der Waals surface area (Å²) in [5.74, 6) is 0.464. The van der Waals surface area contributed by atoms with Crippen molar-refractivity contribution in [1.82, 2.24) is 5.16 Å². The number of aromatic nitrogens is 1. The van der Waals surface area contributed by atoms with E-state index in [1.54, 1.807) is 25.1 Å². The second kappa shape index (κ2) is 6.27. The third-order valence-corrected chi connectivity index (χ3v) is 5.04. The monoisotopic (exact) mass is 349 g/mol. The SMILES string of the molecule is Cc1cc(CC(=O)Nc2ccc3c(c2)CCCN3S(C)(=O)=O)no1. The number of amides is 1. The highest BCUT2D eigenvalue weighted by atomic mass is 32.2. The Kier molecular flexibility index (Phi) is 4.31. The Bertz CT molecular complexity index is 873. The molecule has 1 N–H and O–H groups in total. The second-order valence-corrected chi connectivity index (χ2v) is 7.84. The van der Waals surface area contributed by atoms with E-state index < -0.39 is 10.0 Å². The molecule has 24 heavy (non-hydrogen) atoms. The summed E-state index contributed by atoms with van der Waals surface area (Å²) in [4.78, 5) is 12.1. The number of nitrogens with zero attached hydrogens (tertiary/aromatic N) is 2. The highest BCUT2D eigenvalue weighted by Crippen LogP contribution is 2.31. The van der Waals surface area contributed by atoms with Gasteiger partial charge in [-0.3, -0.25) is 9.10 Å². The van der Waals surface area contributed by atoms with Crippen LogP contribution in [0.3, 0.4) is 0 Å². The molecule has 0 saturated heterocycles. The minimum atomic E-state index is -3.29. The first-order valence-electron chi connectivity index (χ1n) is 7.65. The number of hydrogen-bond acceptors (Lipinski definition) is 5. The molecule has 0 aliphatic carbocycles. The number of sulfonamides is 1. The summed E-state index contributed by atoms with van der Waals surface area (Å²) >= 11 is 0. The molecule has 0 radical (unpaired) electrons. The van der Waals surface area contributed by atoms with Gasteiger partial charge in [-0.05, 0) is 43.5 Å². The topological polar surface area (TPSA) is 92.5 Å². The lowest BCUT2D eigenvalue weighted by Gasteiger charge is -2.29. The van der Waals surface area contributed by atoms with E-state index in [9.17, 15) is 13.2 Å². The molecule has 1 aromatic carbocycles. The summed E-state index contributed by atoms with van der Waals surface area (Å²) in [6.07, 6.45) is 2.88. The Balaban J connectivity index is 1.75. The number of nitrogens with one attached hydrogen (secondary N) is 1. The summed E-state index contributed by atoms with van der Waals surface area (Å²) in [6, 6.07) is 7.01. The minimum Gasteiger partial charge on any atom is -0.361 e. The number of benzene rings is 1. The number of aryl methyl sites for hydroxylation is 2. The van der Waals surface area contributed by atoms with Crippen LogP contribution < -0.4 is 9.62 Å². The van der Waals surface area contributed by atoms with Crippen molar-refractivity contribution < 1.29 is 17.7 Å². The van der Waals surface area contributed by atoms with Gasteiger partial charge >= 0.3 is 0 Å². The quantitative estimate of drug-likeness (QED) is 0.910. The summed E-state index contributed by atoms with van der Waals surface area (Å²) in [5.41, 5.74) is 2.83. The van der Waals surface area contributed by atoms with Crippen LogP contribution in [-0.4, -0.2) is 32.3 Å². The average molecular weight is 349 g/mol. The van der Waals surface area contributed by atoms with Crippen LogP contribution in [0.4, 0.5) is 11.4 Å². The molecule has 1 aliphatic heterocycles. The molecule has 7 nitrogen and oxygen atoms in total. The van der Waals surface area contributed by atoms with Crippen LogP contribution in [-0.2, 0) is 27.7 Å². The molecule has 0 atom stereocenters. The van der Waals surface area contributed by atoms with Crippen LogP contribution in [0, 0.1) is 6.92 Å². The highest BCUT2D eigenvalue weighted by Gasteiger charge is 2.24. The Hall–Kier alpha value is -2.35. The first-order chi connectivity index (χ1) is 11.3. The van der Waals surface area contributed by atoms with Crippen molar-refractivity contribution in [3.05, 3.63) is 41.3 Å². The van der Waals surface area contributed by atoms with Gasteiger partial charge in [0.25, 0.3) is 0 Å². The van der Waals surface area contributed by atoms with Crippen LogP contribution in [0.1, 0.15) is 23.4 Å². The molecule has 0 bridgehead atoms. The van der Waals surface area contributed by atoms with E-state index in [1.165, 1.54) is 10.6 Å². The highest BCUT2D eigenvalue weighted by molar-refractivity contribution is 7.92. The van der Waals surface area contributed by atoms with Gasteiger partial charge in [-0.2, -0.15) is 0 Å². The van der Waals surface area contributed by atoms with Crippen LogP contribution >= 0.6 is 0 Å². The lowest BCUT2D eigenvalue weighted by molar-refractivity contribution is -0.115. The van der Waals surface area contributed by atoms with Crippen molar-refractivity contribution in [3.8, 4) is 0 Å². The Morgan fingerprint density at radius 1 is 1.38 bits per heavy atom. The number of hydrogen-bond donors (Lipinski definition) is 1. The third-order valence-electron chi connectivity index (χ3n) is 3.86. The maximum atomic E-state index is 12.1. The number of rotatable bonds is 4. The third kappa shape index (κ3) is 3.59. The van der Waals surface area contributed by atoms with Crippen LogP contribution in [0.15, 0.2) is 28.8 Å². The van der Waals surface area contributed by atoms with Crippen LogP contribution in [0.25, 0.3) is 0 Å². The fraction of sp³-hybridized carbons (Fsp3) is 0.375. The molecule has 0 spiro atoms. The predicted molar refractivity (Wildman–Crippen MR) is 90.5 cm³/mol. The maximum absolute atomic E-state index is 12.1. The van der Waals surface area contributed by atoms with Crippen molar-refractivity contribution in [1.29, 1.82) is 0 Å². The zero-order chi connectivity index (χ0) is 17.3. The molecule has 8 heteroatoms. The van der Waals surface area contributed by atoms with Gasteiger partial charge in [0.15, 0.2) is 0 Å². The molecule has 1 aliphatic rings. The number of carbonyl (C=O) groups is 1. The van der Waals surface area contributed by atoms with Gasteiger partial charge in [-0.1, -0.05) is 5.16 Å². The molecular formula is C16H19N3O4S. The van der Waals surface area contributed by atoms with Crippen LogP contribution in [0.2, 0.25) is 0 Å². The first-order valence-corrected chi connectivity index (χ1v) is 9.50.